The number of rotatable bonds is 2. The molecule has 2 heterocycles. The molecule has 4 aromatic rings. The molecule has 138 valence electrons. The average Bonchev–Trinajstić information content (AvgIpc) is 3.16. The number of anilines is 1. The highest BCUT2D eigenvalue weighted by Crippen LogP contribution is 2.51. The van der Waals surface area contributed by atoms with Crippen molar-refractivity contribution < 1.29 is 4.79 Å². The summed E-state index contributed by atoms with van der Waals surface area (Å²) in [4.78, 5) is 15.7. The fourth-order valence-electron chi connectivity index (χ4n) is 4.61. The van der Waals surface area contributed by atoms with Crippen LogP contribution in [0.25, 0.3) is 10.9 Å². The number of aryl methyl sites for hydroxylation is 1. The molecule has 1 aliphatic rings. The molecule has 0 N–H and O–H groups in total. The number of halogens is 1. The molecule has 28 heavy (non-hydrogen) atoms. The molecule has 1 aliphatic heterocycles. The number of nitrogens with zero attached hydrogens (tertiary/aromatic N) is 2. The zero-order valence-corrected chi connectivity index (χ0v) is 17.3. The fraction of sp³-hybridized carbons (Fsp3) is 0.125. The Morgan fingerprint density at radius 1 is 0.857 bits per heavy atom. The van der Waals surface area contributed by atoms with Crippen molar-refractivity contribution in [2.24, 2.45) is 7.05 Å². The van der Waals surface area contributed by atoms with Crippen LogP contribution in [0.5, 0.6) is 0 Å². The lowest BCUT2D eigenvalue weighted by Crippen LogP contribution is -2.40. The van der Waals surface area contributed by atoms with Crippen molar-refractivity contribution in [3.8, 4) is 0 Å². The quantitative estimate of drug-likeness (QED) is 0.426. The third-order valence-electron chi connectivity index (χ3n) is 5.86. The Hall–Kier alpha value is -2.85. The van der Waals surface area contributed by atoms with Crippen molar-refractivity contribution in [1.29, 1.82) is 0 Å². The molecular formula is C24H19BrN2O. The molecule has 4 heteroatoms. The van der Waals surface area contributed by atoms with Gasteiger partial charge in [0.2, 0.25) is 5.91 Å². The van der Waals surface area contributed by atoms with Crippen molar-refractivity contribution in [1.82, 2.24) is 4.57 Å². The summed E-state index contributed by atoms with van der Waals surface area (Å²) in [5, 5.41) is 1.08. The number of para-hydroxylation sites is 1. The fourth-order valence-corrected chi connectivity index (χ4v) is 4.97. The van der Waals surface area contributed by atoms with Crippen molar-refractivity contribution in [3.05, 3.63) is 100 Å². The molecule has 5 rings (SSSR count). The summed E-state index contributed by atoms with van der Waals surface area (Å²) in [5.74, 6) is 0.0763. The van der Waals surface area contributed by atoms with E-state index in [1.165, 1.54) is 0 Å². The summed E-state index contributed by atoms with van der Waals surface area (Å²) < 4.78 is 3.11. The Morgan fingerprint density at radius 3 is 2.36 bits per heavy atom. The molecule has 1 aromatic heterocycles. The van der Waals surface area contributed by atoms with Crippen LogP contribution in [0.4, 0.5) is 5.69 Å². The van der Waals surface area contributed by atoms with E-state index >= 15 is 0 Å². The molecule has 0 saturated carbocycles. The first-order chi connectivity index (χ1) is 13.5. The standard InChI is InChI=1S/C24H19BrN2O/c1-26-15-20(18-14-17(25)12-13-21(18)26)24(16-8-4-3-5-9-16)19-10-6-7-11-22(19)27(2)23(24)28/h3-15H,1-2H3. The van der Waals surface area contributed by atoms with Crippen molar-refractivity contribution in [3.63, 3.8) is 0 Å². The van der Waals surface area contributed by atoms with Gasteiger partial charge in [-0.15, -0.1) is 0 Å². The van der Waals surface area contributed by atoms with Crippen LogP contribution in [0, 0.1) is 0 Å². The highest BCUT2D eigenvalue weighted by molar-refractivity contribution is 9.10. The summed E-state index contributed by atoms with van der Waals surface area (Å²) in [6, 6.07) is 24.5. The third kappa shape index (κ3) is 2.12. The summed E-state index contributed by atoms with van der Waals surface area (Å²) >= 11 is 3.61. The maximum atomic E-state index is 13.9. The molecule has 3 aromatic carbocycles. The Kier molecular flexibility index (Phi) is 3.75. The lowest BCUT2D eigenvalue weighted by atomic mass is 9.70. The van der Waals surface area contributed by atoms with Crippen LogP contribution in [-0.2, 0) is 17.3 Å². The SMILES string of the molecule is CN1C(=O)C(c2ccccc2)(c2cn(C)c3ccc(Br)cc23)c2ccccc21. The number of hydrogen-bond donors (Lipinski definition) is 0. The van der Waals surface area contributed by atoms with Crippen LogP contribution in [0.3, 0.4) is 0 Å². The zero-order valence-electron chi connectivity index (χ0n) is 15.7. The van der Waals surface area contributed by atoms with E-state index in [0.29, 0.717) is 0 Å². The minimum atomic E-state index is -0.868. The van der Waals surface area contributed by atoms with Crippen molar-refractivity contribution in [2.45, 2.75) is 5.41 Å². The molecule has 0 fully saturated rings. The molecule has 1 unspecified atom stereocenters. The average molecular weight is 431 g/mol. The number of carbonyl (C=O) groups is 1. The van der Waals surface area contributed by atoms with E-state index in [1.807, 2.05) is 56.6 Å². The van der Waals surface area contributed by atoms with Crippen molar-refractivity contribution >= 4 is 38.4 Å². The van der Waals surface area contributed by atoms with E-state index in [2.05, 4.69) is 57.0 Å². The van der Waals surface area contributed by atoms with Crippen molar-refractivity contribution in [2.75, 3.05) is 11.9 Å². The third-order valence-corrected chi connectivity index (χ3v) is 6.35. The predicted molar refractivity (Wildman–Crippen MR) is 117 cm³/mol. The Morgan fingerprint density at radius 2 is 1.57 bits per heavy atom. The predicted octanol–water partition coefficient (Wildman–Crippen LogP) is 5.25. The van der Waals surface area contributed by atoms with E-state index in [1.54, 1.807) is 4.90 Å². The molecule has 0 spiro atoms. The molecule has 0 bridgehead atoms. The minimum Gasteiger partial charge on any atom is -0.350 e. The zero-order chi connectivity index (χ0) is 19.5. The minimum absolute atomic E-state index is 0.0763. The second-order valence-corrected chi connectivity index (χ2v) is 8.23. The van der Waals surface area contributed by atoms with Gasteiger partial charge in [-0.05, 0) is 29.8 Å². The summed E-state index contributed by atoms with van der Waals surface area (Å²) in [6.45, 7) is 0. The smallest absolute Gasteiger partial charge is 0.246 e. The lowest BCUT2D eigenvalue weighted by Gasteiger charge is -2.29. The second kappa shape index (κ2) is 6.08. The number of hydrogen-bond acceptors (Lipinski definition) is 1. The first kappa shape index (κ1) is 17.3. The van der Waals surface area contributed by atoms with E-state index in [-0.39, 0.29) is 5.91 Å². The summed E-state index contributed by atoms with van der Waals surface area (Å²) in [6.07, 6.45) is 2.11. The largest absolute Gasteiger partial charge is 0.350 e. The van der Waals surface area contributed by atoms with Gasteiger partial charge < -0.3 is 9.47 Å². The first-order valence-corrected chi connectivity index (χ1v) is 10.0. The topological polar surface area (TPSA) is 25.2 Å². The van der Waals surface area contributed by atoms with Crippen LogP contribution in [0.1, 0.15) is 16.7 Å². The molecule has 3 nitrogen and oxygen atoms in total. The first-order valence-electron chi connectivity index (χ1n) is 9.23. The van der Waals surface area contributed by atoms with Crippen LogP contribution in [0.2, 0.25) is 0 Å². The van der Waals surface area contributed by atoms with Gasteiger partial charge in [0.1, 0.15) is 5.41 Å². The number of likely N-dealkylation sites (N-methyl/N-ethyl adjacent to an activating group) is 1. The van der Waals surface area contributed by atoms with Gasteiger partial charge in [0.25, 0.3) is 0 Å². The van der Waals surface area contributed by atoms with Crippen LogP contribution in [0.15, 0.2) is 83.5 Å². The number of fused-ring (bicyclic) bond motifs is 2. The molecule has 0 aliphatic carbocycles. The van der Waals surface area contributed by atoms with Gasteiger partial charge in [0.05, 0.1) is 0 Å². The van der Waals surface area contributed by atoms with Gasteiger partial charge in [-0.3, -0.25) is 4.79 Å². The normalized spacial score (nSPS) is 18.7. The maximum absolute atomic E-state index is 13.9. The van der Waals surface area contributed by atoms with Crippen LogP contribution in [-0.4, -0.2) is 17.5 Å². The molecular weight excluding hydrogens is 412 g/mol. The number of benzene rings is 3. The summed E-state index contributed by atoms with van der Waals surface area (Å²) in [7, 11) is 3.90. The van der Waals surface area contributed by atoms with Crippen LogP contribution < -0.4 is 4.90 Å². The van der Waals surface area contributed by atoms with Gasteiger partial charge in [0.15, 0.2) is 0 Å². The number of amides is 1. The van der Waals surface area contributed by atoms with Gasteiger partial charge in [-0.1, -0.05) is 64.5 Å². The van der Waals surface area contributed by atoms with Gasteiger partial charge >= 0.3 is 0 Å². The van der Waals surface area contributed by atoms with E-state index < -0.39 is 5.41 Å². The van der Waals surface area contributed by atoms with Gasteiger partial charge in [-0.2, -0.15) is 0 Å². The van der Waals surface area contributed by atoms with E-state index in [4.69, 9.17) is 0 Å². The Labute approximate surface area is 172 Å². The number of carbonyl (C=O) groups excluding carboxylic acids is 1. The Bertz CT molecular complexity index is 1230. The second-order valence-electron chi connectivity index (χ2n) is 7.31. The molecule has 1 atom stereocenters. The monoisotopic (exact) mass is 430 g/mol. The lowest BCUT2D eigenvalue weighted by molar-refractivity contribution is -0.120. The highest BCUT2D eigenvalue weighted by Gasteiger charge is 2.53. The molecule has 0 radical (unpaired) electrons. The van der Waals surface area contributed by atoms with E-state index in [9.17, 15) is 4.79 Å². The van der Waals surface area contributed by atoms with Gasteiger partial charge in [0, 0.05) is 52.5 Å². The molecule has 0 saturated heterocycles. The Balaban J connectivity index is 1.97. The summed E-state index contributed by atoms with van der Waals surface area (Å²) in [5.41, 5.74) is 4.23. The highest BCUT2D eigenvalue weighted by atomic mass is 79.9. The maximum Gasteiger partial charge on any atom is 0.246 e. The number of aromatic nitrogens is 1. The molecule has 1 amide bonds. The van der Waals surface area contributed by atoms with E-state index in [0.717, 1.165) is 37.8 Å². The van der Waals surface area contributed by atoms with Crippen LogP contribution >= 0.6 is 15.9 Å². The van der Waals surface area contributed by atoms with Gasteiger partial charge in [-0.25, -0.2) is 0 Å².